The van der Waals surface area contributed by atoms with Crippen molar-refractivity contribution in [3.63, 3.8) is 0 Å². The number of hydrogen-bond donors (Lipinski definition) is 2. The van der Waals surface area contributed by atoms with Gasteiger partial charge in [-0.2, -0.15) is 0 Å². The summed E-state index contributed by atoms with van der Waals surface area (Å²) in [4.78, 5) is 11.2. The van der Waals surface area contributed by atoms with Crippen molar-refractivity contribution < 1.29 is 14.6 Å². The van der Waals surface area contributed by atoms with Gasteiger partial charge in [0.15, 0.2) is 0 Å². The Balaban J connectivity index is 2.61. The Hall–Kier alpha value is -1.55. The zero-order valence-corrected chi connectivity index (χ0v) is 12.7. The smallest absolute Gasteiger partial charge is 0.320 e. The lowest BCUT2D eigenvalue weighted by Crippen LogP contribution is -2.37. The largest absolute Gasteiger partial charge is 0.491 e. The van der Waals surface area contributed by atoms with Gasteiger partial charge in [0.1, 0.15) is 11.8 Å². The molecule has 1 rings (SSSR count). The molecule has 112 valence electrons. The molecule has 0 aliphatic rings. The van der Waals surface area contributed by atoms with Crippen molar-refractivity contribution in [3.8, 4) is 5.75 Å². The second-order valence-corrected chi connectivity index (χ2v) is 5.72. The van der Waals surface area contributed by atoms with Crippen LogP contribution in [0.4, 0.5) is 0 Å². The second kappa shape index (κ2) is 7.90. The highest BCUT2D eigenvalue weighted by atomic mass is 16.5. The SMILES string of the molecule is CC(C)CC(NCc1cccc(OC(C)C)c1)C(=O)O. The Kier molecular flexibility index (Phi) is 6.52. The molecule has 0 fully saturated rings. The van der Waals surface area contributed by atoms with Crippen LogP contribution < -0.4 is 10.1 Å². The highest BCUT2D eigenvalue weighted by molar-refractivity contribution is 5.73. The number of hydrogen-bond acceptors (Lipinski definition) is 3. The van der Waals surface area contributed by atoms with E-state index in [9.17, 15) is 9.90 Å². The minimum Gasteiger partial charge on any atom is -0.491 e. The van der Waals surface area contributed by atoms with Gasteiger partial charge in [-0.1, -0.05) is 26.0 Å². The summed E-state index contributed by atoms with van der Waals surface area (Å²) in [6.45, 7) is 8.53. The maximum Gasteiger partial charge on any atom is 0.320 e. The maximum atomic E-state index is 11.2. The molecule has 0 saturated heterocycles. The summed E-state index contributed by atoms with van der Waals surface area (Å²) >= 11 is 0. The summed E-state index contributed by atoms with van der Waals surface area (Å²) in [6, 6.07) is 7.24. The fourth-order valence-corrected chi connectivity index (χ4v) is 1.98. The molecule has 0 radical (unpaired) electrons. The van der Waals surface area contributed by atoms with Crippen LogP contribution in [-0.4, -0.2) is 23.2 Å². The number of ether oxygens (including phenoxy) is 1. The number of rotatable bonds is 8. The molecular formula is C16H25NO3. The third-order valence-electron chi connectivity index (χ3n) is 2.83. The molecule has 0 aromatic heterocycles. The van der Waals surface area contributed by atoms with Crippen LogP contribution in [0.5, 0.6) is 5.75 Å². The van der Waals surface area contributed by atoms with E-state index in [-0.39, 0.29) is 6.10 Å². The topological polar surface area (TPSA) is 58.6 Å². The van der Waals surface area contributed by atoms with Crippen LogP contribution in [-0.2, 0) is 11.3 Å². The van der Waals surface area contributed by atoms with Crippen LogP contribution in [0, 0.1) is 5.92 Å². The zero-order chi connectivity index (χ0) is 15.1. The van der Waals surface area contributed by atoms with E-state index in [1.54, 1.807) is 0 Å². The minimum absolute atomic E-state index is 0.130. The number of nitrogens with one attached hydrogen (secondary N) is 1. The quantitative estimate of drug-likeness (QED) is 0.768. The van der Waals surface area contributed by atoms with Crippen molar-refractivity contribution in [1.29, 1.82) is 0 Å². The lowest BCUT2D eigenvalue weighted by Gasteiger charge is -2.17. The molecule has 1 aromatic carbocycles. The predicted molar refractivity (Wildman–Crippen MR) is 79.9 cm³/mol. The molecule has 0 saturated carbocycles. The van der Waals surface area contributed by atoms with Gasteiger partial charge in [0.2, 0.25) is 0 Å². The molecule has 1 atom stereocenters. The summed E-state index contributed by atoms with van der Waals surface area (Å²) in [6.07, 6.45) is 0.753. The van der Waals surface area contributed by atoms with Gasteiger partial charge in [-0.05, 0) is 43.9 Å². The Labute approximate surface area is 121 Å². The summed E-state index contributed by atoms with van der Waals surface area (Å²) < 4.78 is 5.63. The van der Waals surface area contributed by atoms with Crippen molar-refractivity contribution in [2.75, 3.05) is 0 Å². The van der Waals surface area contributed by atoms with Gasteiger partial charge in [0, 0.05) is 6.54 Å². The maximum absolute atomic E-state index is 11.2. The fourth-order valence-electron chi connectivity index (χ4n) is 1.98. The molecule has 0 bridgehead atoms. The van der Waals surface area contributed by atoms with Crippen molar-refractivity contribution >= 4 is 5.97 Å². The second-order valence-electron chi connectivity index (χ2n) is 5.72. The zero-order valence-electron chi connectivity index (χ0n) is 12.7. The Morgan fingerprint density at radius 2 is 2.00 bits per heavy atom. The van der Waals surface area contributed by atoms with E-state index >= 15 is 0 Å². The van der Waals surface area contributed by atoms with E-state index in [0.717, 1.165) is 11.3 Å². The monoisotopic (exact) mass is 279 g/mol. The Bertz CT molecular complexity index is 429. The standard InChI is InChI=1S/C16H25NO3/c1-11(2)8-15(16(18)19)17-10-13-6-5-7-14(9-13)20-12(3)4/h5-7,9,11-12,15,17H,8,10H2,1-4H3,(H,18,19). The Morgan fingerprint density at radius 1 is 1.30 bits per heavy atom. The van der Waals surface area contributed by atoms with Crippen molar-refractivity contribution in [1.82, 2.24) is 5.32 Å². The van der Waals surface area contributed by atoms with E-state index in [1.165, 1.54) is 0 Å². The third kappa shape index (κ3) is 6.06. The van der Waals surface area contributed by atoms with E-state index in [1.807, 2.05) is 52.0 Å². The molecule has 0 aliphatic carbocycles. The van der Waals surface area contributed by atoms with Gasteiger partial charge in [0.25, 0.3) is 0 Å². The first-order chi connectivity index (χ1) is 9.38. The van der Waals surface area contributed by atoms with Gasteiger partial charge in [-0.25, -0.2) is 0 Å². The summed E-state index contributed by atoms with van der Waals surface area (Å²) in [5.74, 6) is 0.363. The first-order valence-electron chi connectivity index (χ1n) is 7.10. The van der Waals surface area contributed by atoms with Gasteiger partial charge < -0.3 is 15.2 Å². The highest BCUT2D eigenvalue weighted by Gasteiger charge is 2.17. The van der Waals surface area contributed by atoms with Gasteiger partial charge in [-0.3, -0.25) is 4.79 Å². The highest BCUT2D eigenvalue weighted by Crippen LogP contribution is 2.15. The van der Waals surface area contributed by atoms with Crippen molar-refractivity contribution in [3.05, 3.63) is 29.8 Å². The first kappa shape index (κ1) is 16.5. The normalized spacial score (nSPS) is 12.7. The van der Waals surface area contributed by atoms with Gasteiger partial charge in [-0.15, -0.1) is 0 Å². The molecule has 0 spiro atoms. The van der Waals surface area contributed by atoms with Crippen LogP contribution in [0.2, 0.25) is 0 Å². The molecule has 0 amide bonds. The van der Waals surface area contributed by atoms with Gasteiger partial charge in [0.05, 0.1) is 6.10 Å². The van der Waals surface area contributed by atoms with E-state index in [0.29, 0.717) is 18.9 Å². The van der Waals surface area contributed by atoms with Crippen molar-refractivity contribution in [2.45, 2.75) is 52.8 Å². The Morgan fingerprint density at radius 3 is 2.55 bits per heavy atom. The molecule has 2 N–H and O–H groups in total. The summed E-state index contributed by atoms with van der Waals surface area (Å²) in [5, 5.41) is 12.3. The number of carboxylic acids is 1. The average Bonchev–Trinajstić information content (AvgIpc) is 2.33. The molecule has 0 aliphatic heterocycles. The number of carbonyl (C=O) groups is 1. The predicted octanol–water partition coefficient (Wildman–Crippen LogP) is 3.06. The average molecular weight is 279 g/mol. The molecule has 1 aromatic rings. The molecule has 4 nitrogen and oxygen atoms in total. The third-order valence-corrected chi connectivity index (χ3v) is 2.83. The number of aliphatic carboxylic acids is 1. The molecule has 0 heterocycles. The van der Waals surface area contributed by atoms with Crippen LogP contribution in [0.3, 0.4) is 0 Å². The van der Waals surface area contributed by atoms with Crippen molar-refractivity contribution in [2.24, 2.45) is 5.92 Å². The number of carboxylic acid groups (broad SMARTS) is 1. The molecule has 20 heavy (non-hydrogen) atoms. The molecular weight excluding hydrogens is 254 g/mol. The lowest BCUT2D eigenvalue weighted by atomic mass is 10.0. The number of benzene rings is 1. The van der Waals surface area contributed by atoms with Gasteiger partial charge >= 0.3 is 5.97 Å². The van der Waals surface area contributed by atoms with Crippen LogP contribution in [0.15, 0.2) is 24.3 Å². The lowest BCUT2D eigenvalue weighted by molar-refractivity contribution is -0.140. The van der Waals surface area contributed by atoms with E-state index in [2.05, 4.69) is 5.32 Å². The van der Waals surface area contributed by atoms with Crippen LogP contribution in [0.1, 0.15) is 39.7 Å². The van der Waals surface area contributed by atoms with E-state index < -0.39 is 12.0 Å². The minimum atomic E-state index is -0.798. The van der Waals surface area contributed by atoms with Crippen LogP contribution >= 0.6 is 0 Å². The summed E-state index contributed by atoms with van der Waals surface area (Å²) in [5.41, 5.74) is 1.03. The fraction of sp³-hybridized carbons (Fsp3) is 0.562. The summed E-state index contributed by atoms with van der Waals surface area (Å²) in [7, 11) is 0. The van der Waals surface area contributed by atoms with Crippen LogP contribution in [0.25, 0.3) is 0 Å². The molecule has 4 heteroatoms. The van der Waals surface area contributed by atoms with E-state index in [4.69, 9.17) is 4.74 Å². The first-order valence-corrected chi connectivity index (χ1v) is 7.10. The molecule has 1 unspecified atom stereocenters.